The topological polar surface area (TPSA) is 60.3 Å². The van der Waals surface area contributed by atoms with Crippen molar-refractivity contribution in [2.24, 2.45) is 5.16 Å². The van der Waals surface area contributed by atoms with Gasteiger partial charge in [-0.05, 0) is 6.08 Å². The van der Waals surface area contributed by atoms with Gasteiger partial charge in [-0.3, -0.25) is 0 Å². The molecule has 1 N–H and O–H groups in total. The molecular formula is C15H17Cl4NO4. The van der Waals surface area contributed by atoms with E-state index in [1.54, 1.807) is 12.1 Å². The van der Waals surface area contributed by atoms with Gasteiger partial charge in [0.1, 0.15) is 16.8 Å². The molecule has 0 radical (unpaired) electrons. The van der Waals surface area contributed by atoms with E-state index in [1.807, 2.05) is 0 Å². The summed E-state index contributed by atoms with van der Waals surface area (Å²) in [6.07, 6.45) is 4.10. The number of oxime groups is 1. The summed E-state index contributed by atoms with van der Waals surface area (Å²) in [5.74, 6) is 0.876. The maximum atomic E-state index is 8.22. The second-order valence-corrected chi connectivity index (χ2v) is 6.24. The Balaban J connectivity index is 2.39. The molecule has 1 rings (SSSR count). The lowest BCUT2D eigenvalue weighted by atomic mass is 10.3. The Kier molecular flexibility index (Phi) is 11.0. The Bertz CT molecular complexity index is 539. The Morgan fingerprint density at radius 2 is 1.79 bits per heavy atom. The van der Waals surface area contributed by atoms with Gasteiger partial charge in [0.15, 0.2) is 5.75 Å². The molecule has 0 heterocycles. The molecule has 5 nitrogen and oxygen atoms in total. The molecular weight excluding hydrogens is 400 g/mol. The van der Waals surface area contributed by atoms with Crippen molar-refractivity contribution in [3.63, 3.8) is 0 Å². The van der Waals surface area contributed by atoms with Crippen LogP contribution in [-0.4, -0.2) is 37.8 Å². The van der Waals surface area contributed by atoms with Crippen molar-refractivity contribution < 1.29 is 19.4 Å². The smallest absolute Gasteiger partial charge is 0.156 e. The number of hydrogen-bond acceptors (Lipinski definition) is 5. The van der Waals surface area contributed by atoms with E-state index in [0.29, 0.717) is 54.2 Å². The molecule has 0 fully saturated rings. The van der Waals surface area contributed by atoms with Gasteiger partial charge in [0, 0.05) is 37.8 Å². The summed E-state index contributed by atoms with van der Waals surface area (Å²) in [7, 11) is 0. The molecule has 0 unspecified atom stereocenters. The highest BCUT2D eigenvalue weighted by molar-refractivity contribution is 6.55. The first-order chi connectivity index (χ1) is 11.5. The van der Waals surface area contributed by atoms with Crippen LogP contribution in [0, 0.1) is 0 Å². The van der Waals surface area contributed by atoms with E-state index in [2.05, 4.69) is 5.16 Å². The number of ether oxygens (including phenoxy) is 3. The molecule has 0 bridgehead atoms. The highest BCUT2D eigenvalue weighted by atomic mass is 35.5. The molecule has 0 atom stereocenters. The molecule has 0 aliphatic rings. The zero-order chi connectivity index (χ0) is 17.8. The Hall–Kier alpha value is -0.850. The molecule has 0 aliphatic heterocycles. The maximum Gasteiger partial charge on any atom is 0.156 e. The normalized spacial score (nSPS) is 10.8. The van der Waals surface area contributed by atoms with Crippen molar-refractivity contribution in [3.8, 4) is 11.5 Å². The Labute approximate surface area is 160 Å². The molecule has 0 aliphatic carbocycles. The quantitative estimate of drug-likeness (QED) is 0.229. The number of benzene rings is 1. The van der Waals surface area contributed by atoms with Crippen LogP contribution in [0.2, 0.25) is 10.0 Å². The number of rotatable bonds is 11. The van der Waals surface area contributed by atoms with Gasteiger partial charge in [0.2, 0.25) is 0 Å². The molecule has 1 aromatic rings. The first-order valence-electron chi connectivity index (χ1n) is 7.04. The fourth-order valence-corrected chi connectivity index (χ4v) is 2.29. The third-order valence-electron chi connectivity index (χ3n) is 2.61. The molecule has 1 aromatic carbocycles. The molecule has 9 heteroatoms. The van der Waals surface area contributed by atoms with E-state index in [1.165, 1.54) is 12.3 Å². The van der Waals surface area contributed by atoms with Crippen LogP contribution in [0.25, 0.3) is 0 Å². The highest BCUT2D eigenvalue weighted by Crippen LogP contribution is 2.37. The van der Waals surface area contributed by atoms with Crippen LogP contribution in [0.3, 0.4) is 0 Å². The minimum Gasteiger partial charge on any atom is -0.490 e. The third kappa shape index (κ3) is 8.85. The molecule has 24 heavy (non-hydrogen) atoms. The number of hydrogen-bond donors (Lipinski definition) is 1. The lowest BCUT2D eigenvalue weighted by Gasteiger charge is -2.12. The van der Waals surface area contributed by atoms with Gasteiger partial charge in [-0.25, -0.2) is 0 Å². The van der Waals surface area contributed by atoms with Crippen LogP contribution < -0.4 is 9.47 Å². The van der Waals surface area contributed by atoms with Crippen molar-refractivity contribution in [1.82, 2.24) is 0 Å². The molecule has 0 saturated heterocycles. The first-order valence-corrected chi connectivity index (χ1v) is 8.55. The van der Waals surface area contributed by atoms with Gasteiger partial charge in [-0.2, -0.15) is 0 Å². The van der Waals surface area contributed by atoms with Crippen molar-refractivity contribution in [1.29, 1.82) is 0 Å². The Morgan fingerprint density at radius 1 is 1.08 bits per heavy atom. The van der Waals surface area contributed by atoms with Gasteiger partial charge >= 0.3 is 0 Å². The molecule has 134 valence electrons. The van der Waals surface area contributed by atoms with Gasteiger partial charge < -0.3 is 19.4 Å². The molecule has 0 saturated carbocycles. The second-order valence-electron chi connectivity index (χ2n) is 4.42. The maximum absolute atomic E-state index is 8.22. The lowest BCUT2D eigenvalue weighted by molar-refractivity contribution is 0.125. The average molecular weight is 417 g/mol. The van der Waals surface area contributed by atoms with E-state index < -0.39 is 0 Å². The third-order valence-corrected chi connectivity index (χ3v) is 3.48. The van der Waals surface area contributed by atoms with Gasteiger partial charge in [-0.15, -0.1) is 5.16 Å². The van der Waals surface area contributed by atoms with E-state index in [4.69, 9.17) is 65.8 Å². The summed E-state index contributed by atoms with van der Waals surface area (Å²) in [6.45, 7) is 1.60. The van der Waals surface area contributed by atoms with Gasteiger partial charge in [-0.1, -0.05) is 46.4 Å². The molecule has 0 spiro atoms. The summed E-state index contributed by atoms with van der Waals surface area (Å²) < 4.78 is 16.4. The fraction of sp³-hybridized carbons (Fsp3) is 0.400. The van der Waals surface area contributed by atoms with Crippen molar-refractivity contribution in [2.45, 2.75) is 12.8 Å². The summed E-state index contributed by atoms with van der Waals surface area (Å²) in [6, 6.07) is 3.20. The predicted octanol–water partition coefficient (Wildman–Crippen LogP) is 5.33. The fourth-order valence-electron chi connectivity index (χ4n) is 1.59. The SMILES string of the molecule is ON=CCCOCCCOc1c(Cl)cc(OCC=C(Cl)Cl)cc1Cl. The van der Waals surface area contributed by atoms with Crippen molar-refractivity contribution >= 4 is 52.6 Å². The standard InChI is InChI=1S/C15H17Cl4NO4/c16-12-9-11(23-8-3-14(18)19)10-13(17)15(12)24-7-2-6-22-5-1-4-20-21/h3-4,9-10,21H,1-2,5-8H2. The average Bonchev–Trinajstić information content (AvgIpc) is 2.51. The van der Waals surface area contributed by atoms with E-state index in [-0.39, 0.29) is 11.1 Å². The van der Waals surface area contributed by atoms with Crippen molar-refractivity contribution in [3.05, 3.63) is 32.7 Å². The summed E-state index contributed by atoms with van der Waals surface area (Å²) in [5, 5.41) is 11.8. The van der Waals surface area contributed by atoms with Gasteiger partial charge in [0.25, 0.3) is 0 Å². The Morgan fingerprint density at radius 3 is 2.42 bits per heavy atom. The predicted molar refractivity (Wildman–Crippen MR) is 97.6 cm³/mol. The van der Waals surface area contributed by atoms with Crippen LogP contribution in [0.1, 0.15) is 12.8 Å². The minimum absolute atomic E-state index is 0.123. The molecule has 0 aromatic heterocycles. The molecule has 0 amide bonds. The van der Waals surface area contributed by atoms with Crippen LogP contribution in [0.15, 0.2) is 27.9 Å². The summed E-state index contributed by atoms with van der Waals surface area (Å²) >= 11 is 23.3. The summed E-state index contributed by atoms with van der Waals surface area (Å²) in [5.41, 5.74) is 0. The highest BCUT2D eigenvalue weighted by Gasteiger charge is 2.10. The minimum atomic E-state index is 0.123. The van der Waals surface area contributed by atoms with E-state index in [9.17, 15) is 0 Å². The second kappa shape index (κ2) is 12.5. The van der Waals surface area contributed by atoms with Crippen LogP contribution in [0.5, 0.6) is 11.5 Å². The van der Waals surface area contributed by atoms with E-state index in [0.717, 1.165) is 0 Å². The lowest BCUT2D eigenvalue weighted by Crippen LogP contribution is -2.05. The van der Waals surface area contributed by atoms with E-state index >= 15 is 0 Å². The first kappa shape index (κ1) is 21.2. The van der Waals surface area contributed by atoms with Crippen LogP contribution in [0.4, 0.5) is 0 Å². The van der Waals surface area contributed by atoms with Crippen LogP contribution >= 0.6 is 46.4 Å². The monoisotopic (exact) mass is 415 g/mol. The number of nitrogens with zero attached hydrogens (tertiary/aromatic N) is 1. The zero-order valence-electron chi connectivity index (χ0n) is 12.7. The zero-order valence-corrected chi connectivity index (χ0v) is 15.7. The van der Waals surface area contributed by atoms with Crippen molar-refractivity contribution in [2.75, 3.05) is 26.4 Å². The number of halogens is 4. The summed E-state index contributed by atoms with van der Waals surface area (Å²) in [4.78, 5) is 0. The largest absolute Gasteiger partial charge is 0.490 e. The van der Waals surface area contributed by atoms with Crippen LogP contribution in [-0.2, 0) is 4.74 Å². The van der Waals surface area contributed by atoms with Gasteiger partial charge in [0.05, 0.1) is 23.3 Å².